The number of nitrogens with one attached hydrogen (secondary N) is 1. The standard InChI is InChI=1S/C10H9BrN2S/c1-6(2)12-10-13-8-4-3-7(11)5-9(8)14-10/h3-5H,1H2,2H3,(H,12,13). The Balaban J connectivity index is 2.46. The van der Waals surface area contributed by atoms with Crippen molar-refractivity contribution in [3.8, 4) is 0 Å². The summed E-state index contributed by atoms with van der Waals surface area (Å²) < 4.78 is 2.25. The number of hydrogen-bond acceptors (Lipinski definition) is 3. The minimum absolute atomic E-state index is 0.894. The van der Waals surface area contributed by atoms with Crippen LogP contribution in [0.5, 0.6) is 0 Å². The highest BCUT2D eigenvalue weighted by Crippen LogP contribution is 2.28. The zero-order valence-corrected chi connectivity index (χ0v) is 10.1. The average Bonchev–Trinajstić information content (AvgIpc) is 2.44. The molecule has 14 heavy (non-hydrogen) atoms. The van der Waals surface area contributed by atoms with E-state index in [-0.39, 0.29) is 0 Å². The molecular weight excluding hydrogens is 260 g/mol. The summed E-state index contributed by atoms with van der Waals surface area (Å²) in [6.45, 7) is 5.70. The Kier molecular flexibility index (Phi) is 2.56. The molecule has 1 N–H and O–H groups in total. The molecule has 4 heteroatoms. The predicted molar refractivity (Wildman–Crippen MR) is 65.8 cm³/mol. The van der Waals surface area contributed by atoms with Crippen LogP contribution in [0.1, 0.15) is 6.92 Å². The van der Waals surface area contributed by atoms with Crippen LogP contribution in [-0.4, -0.2) is 4.98 Å². The normalized spacial score (nSPS) is 10.4. The highest BCUT2D eigenvalue weighted by atomic mass is 79.9. The number of fused-ring (bicyclic) bond motifs is 1. The van der Waals surface area contributed by atoms with Crippen molar-refractivity contribution in [1.29, 1.82) is 0 Å². The second-order valence-electron chi connectivity index (χ2n) is 3.04. The summed E-state index contributed by atoms with van der Waals surface area (Å²) in [7, 11) is 0. The molecule has 0 aliphatic rings. The van der Waals surface area contributed by atoms with Gasteiger partial charge in [-0.05, 0) is 25.1 Å². The molecule has 2 rings (SSSR count). The quantitative estimate of drug-likeness (QED) is 0.891. The van der Waals surface area contributed by atoms with Crippen LogP contribution in [0, 0.1) is 0 Å². The van der Waals surface area contributed by atoms with Gasteiger partial charge in [0.15, 0.2) is 5.13 Å². The number of hydrogen-bond donors (Lipinski definition) is 1. The molecule has 0 saturated heterocycles. The first-order chi connectivity index (χ1) is 6.65. The van der Waals surface area contributed by atoms with Gasteiger partial charge in [0.05, 0.1) is 10.2 Å². The Bertz CT molecular complexity index is 490. The molecule has 2 aromatic rings. The topological polar surface area (TPSA) is 24.9 Å². The maximum absolute atomic E-state index is 4.42. The Labute approximate surface area is 94.8 Å². The zero-order chi connectivity index (χ0) is 10.1. The van der Waals surface area contributed by atoms with Gasteiger partial charge < -0.3 is 5.32 Å². The zero-order valence-electron chi connectivity index (χ0n) is 7.67. The van der Waals surface area contributed by atoms with Crippen LogP contribution >= 0.6 is 27.3 Å². The van der Waals surface area contributed by atoms with Crippen LogP contribution in [-0.2, 0) is 0 Å². The SMILES string of the molecule is C=C(C)Nc1nc2ccc(Br)cc2s1. The van der Waals surface area contributed by atoms with E-state index in [0.29, 0.717) is 0 Å². The summed E-state index contributed by atoms with van der Waals surface area (Å²) in [5.41, 5.74) is 1.92. The van der Waals surface area contributed by atoms with Gasteiger partial charge in [0.1, 0.15) is 0 Å². The van der Waals surface area contributed by atoms with Crippen molar-refractivity contribution in [3.05, 3.63) is 34.9 Å². The van der Waals surface area contributed by atoms with Gasteiger partial charge in [-0.1, -0.05) is 33.8 Å². The maximum Gasteiger partial charge on any atom is 0.188 e. The van der Waals surface area contributed by atoms with Gasteiger partial charge in [0, 0.05) is 10.2 Å². The summed E-state index contributed by atoms with van der Waals surface area (Å²) in [5.74, 6) is 0. The number of benzene rings is 1. The highest BCUT2D eigenvalue weighted by Gasteiger charge is 2.03. The van der Waals surface area contributed by atoms with Gasteiger partial charge in [-0.25, -0.2) is 4.98 Å². The number of thiazole rings is 1. The molecule has 0 bridgehead atoms. The van der Waals surface area contributed by atoms with Crippen molar-refractivity contribution in [1.82, 2.24) is 4.98 Å². The van der Waals surface area contributed by atoms with E-state index >= 15 is 0 Å². The predicted octanol–water partition coefficient (Wildman–Crippen LogP) is 4.00. The van der Waals surface area contributed by atoms with E-state index in [2.05, 4.69) is 38.9 Å². The van der Waals surface area contributed by atoms with E-state index in [4.69, 9.17) is 0 Å². The molecule has 1 heterocycles. The van der Waals surface area contributed by atoms with E-state index < -0.39 is 0 Å². The van der Waals surface area contributed by atoms with Crippen molar-refractivity contribution in [2.24, 2.45) is 0 Å². The van der Waals surface area contributed by atoms with Crippen LogP contribution in [0.25, 0.3) is 10.2 Å². The Morgan fingerprint density at radius 1 is 1.57 bits per heavy atom. The summed E-state index contributed by atoms with van der Waals surface area (Å²) in [6.07, 6.45) is 0. The maximum atomic E-state index is 4.42. The second-order valence-corrected chi connectivity index (χ2v) is 4.98. The van der Waals surface area contributed by atoms with E-state index in [1.807, 2.05) is 19.1 Å². The monoisotopic (exact) mass is 268 g/mol. The minimum atomic E-state index is 0.894. The van der Waals surface area contributed by atoms with Gasteiger partial charge in [-0.3, -0.25) is 0 Å². The lowest BCUT2D eigenvalue weighted by atomic mass is 10.3. The van der Waals surface area contributed by atoms with Crippen LogP contribution in [0.2, 0.25) is 0 Å². The number of aromatic nitrogens is 1. The average molecular weight is 269 g/mol. The first kappa shape index (κ1) is 9.68. The molecule has 0 saturated carbocycles. The van der Waals surface area contributed by atoms with E-state index in [9.17, 15) is 0 Å². The van der Waals surface area contributed by atoms with Crippen LogP contribution < -0.4 is 5.32 Å². The fourth-order valence-electron chi connectivity index (χ4n) is 1.13. The lowest BCUT2D eigenvalue weighted by molar-refractivity contribution is 1.35. The van der Waals surface area contributed by atoms with Gasteiger partial charge in [-0.2, -0.15) is 0 Å². The van der Waals surface area contributed by atoms with E-state index in [1.54, 1.807) is 11.3 Å². The van der Waals surface area contributed by atoms with Crippen LogP contribution in [0.3, 0.4) is 0 Å². The summed E-state index contributed by atoms with van der Waals surface area (Å²) in [6, 6.07) is 6.06. The van der Waals surface area contributed by atoms with Crippen molar-refractivity contribution in [2.45, 2.75) is 6.92 Å². The van der Waals surface area contributed by atoms with Crippen LogP contribution in [0.4, 0.5) is 5.13 Å². The van der Waals surface area contributed by atoms with E-state index in [0.717, 1.165) is 20.8 Å². The number of allylic oxidation sites excluding steroid dienone is 1. The molecule has 0 amide bonds. The highest BCUT2D eigenvalue weighted by molar-refractivity contribution is 9.10. The Morgan fingerprint density at radius 3 is 3.07 bits per heavy atom. The molecule has 72 valence electrons. The minimum Gasteiger partial charge on any atom is -0.336 e. The molecule has 0 radical (unpaired) electrons. The fourth-order valence-corrected chi connectivity index (χ4v) is 2.63. The molecular formula is C10H9BrN2S. The van der Waals surface area contributed by atoms with Crippen molar-refractivity contribution < 1.29 is 0 Å². The van der Waals surface area contributed by atoms with Crippen molar-refractivity contribution in [2.75, 3.05) is 5.32 Å². The van der Waals surface area contributed by atoms with Gasteiger partial charge in [0.25, 0.3) is 0 Å². The molecule has 2 nitrogen and oxygen atoms in total. The first-order valence-corrected chi connectivity index (χ1v) is 5.75. The Morgan fingerprint density at radius 2 is 2.36 bits per heavy atom. The van der Waals surface area contributed by atoms with Crippen molar-refractivity contribution >= 4 is 42.6 Å². The van der Waals surface area contributed by atoms with Crippen molar-refractivity contribution in [3.63, 3.8) is 0 Å². The lowest BCUT2D eigenvalue weighted by Gasteiger charge is -1.96. The molecule has 0 spiro atoms. The molecule has 0 aliphatic heterocycles. The third-order valence-corrected chi connectivity index (χ3v) is 3.10. The molecule has 1 aromatic heterocycles. The third-order valence-electron chi connectivity index (χ3n) is 1.67. The second kappa shape index (κ2) is 3.71. The largest absolute Gasteiger partial charge is 0.336 e. The third kappa shape index (κ3) is 1.96. The summed E-state index contributed by atoms with van der Waals surface area (Å²) in [5, 5.41) is 4.01. The Hall–Kier alpha value is -0.870. The van der Waals surface area contributed by atoms with E-state index in [1.165, 1.54) is 4.70 Å². The summed E-state index contributed by atoms with van der Waals surface area (Å²) >= 11 is 5.06. The van der Waals surface area contributed by atoms with Gasteiger partial charge in [0.2, 0.25) is 0 Å². The summed E-state index contributed by atoms with van der Waals surface area (Å²) in [4.78, 5) is 4.42. The number of anilines is 1. The molecule has 1 aromatic carbocycles. The fraction of sp³-hybridized carbons (Fsp3) is 0.100. The number of rotatable bonds is 2. The number of nitrogens with zero attached hydrogens (tertiary/aromatic N) is 1. The molecule has 0 unspecified atom stereocenters. The molecule has 0 fully saturated rings. The van der Waals surface area contributed by atoms with Crippen LogP contribution in [0.15, 0.2) is 34.9 Å². The smallest absolute Gasteiger partial charge is 0.188 e. The molecule has 0 aliphatic carbocycles. The molecule has 0 atom stereocenters. The lowest BCUT2D eigenvalue weighted by Crippen LogP contribution is -1.91. The van der Waals surface area contributed by atoms with Gasteiger partial charge in [-0.15, -0.1) is 0 Å². The number of halogens is 1. The van der Waals surface area contributed by atoms with Gasteiger partial charge >= 0.3 is 0 Å². The first-order valence-electron chi connectivity index (χ1n) is 4.14.